The molecule has 0 bridgehead atoms. The van der Waals surface area contributed by atoms with E-state index in [1.54, 1.807) is 24.3 Å². The smallest absolute Gasteiger partial charge is 0.266 e. The molecule has 0 aromatic heterocycles. The third-order valence-corrected chi connectivity index (χ3v) is 4.25. The Morgan fingerprint density at radius 1 is 0.952 bits per heavy atom. The third-order valence-electron chi connectivity index (χ3n) is 3.26. The molecule has 1 aliphatic rings. The molecule has 0 saturated heterocycles. The van der Waals surface area contributed by atoms with Gasteiger partial charge in [0.15, 0.2) is 0 Å². The first-order valence-electron chi connectivity index (χ1n) is 6.06. The van der Waals surface area contributed by atoms with Gasteiger partial charge in [0.1, 0.15) is 5.82 Å². The van der Waals surface area contributed by atoms with Crippen LogP contribution >= 0.6 is 31.9 Å². The highest BCUT2D eigenvalue weighted by molar-refractivity contribution is 9.24. The molecular weight excluding hydrogens is 405 g/mol. The zero-order chi connectivity index (χ0) is 15.1. The zero-order valence-corrected chi connectivity index (χ0v) is 13.7. The van der Waals surface area contributed by atoms with Crippen LogP contribution in [0.5, 0.6) is 0 Å². The highest BCUT2D eigenvalue weighted by Gasteiger charge is 2.37. The van der Waals surface area contributed by atoms with E-state index in [9.17, 15) is 14.0 Å². The molecule has 0 N–H and O–H groups in total. The van der Waals surface area contributed by atoms with Gasteiger partial charge in [0.25, 0.3) is 11.8 Å². The molecule has 0 spiro atoms. The summed E-state index contributed by atoms with van der Waals surface area (Å²) >= 11 is 6.65. The maximum Gasteiger partial charge on any atom is 0.266 e. The van der Waals surface area contributed by atoms with Crippen molar-refractivity contribution in [3.05, 3.63) is 65.0 Å². The predicted molar refractivity (Wildman–Crippen MR) is 84.6 cm³/mol. The predicted octanol–water partition coefficient (Wildman–Crippen LogP) is 4.41. The average Bonchev–Trinajstić information content (AvgIpc) is 2.71. The SMILES string of the molecule is O=C1c2ccccc2C(=O)N1c1cc(F)ccc1C(Br)Br. The summed E-state index contributed by atoms with van der Waals surface area (Å²) < 4.78 is 13.3. The quantitative estimate of drug-likeness (QED) is 0.541. The Balaban J connectivity index is 2.17. The molecule has 0 saturated carbocycles. The lowest BCUT2D eigenvalue weighted by atomic mass is 10.1. The second-order valence-corrected chi connectivity index (χ2v) is 7.56. The van der Waals surface area contributed by atoms with Crippen LogP contribution in [-0.4, -0.2) is 11.8 Å². The lowest BCUT2D eigenvalue weighted by Gasteiger charge is -2.19. The summed E-state index contributed by atoms with van der Waals surface area (Å²) in [5.74, 6) is -1.39. The van der Waals surface area contributed by atoms with Crippen molar-refractivity contribution in [2.45, 2.75) is 3.74 Å². The van der Waals surface area contributed by atoms with Gasteiger partial charge in [-0.05, 0) is 24.3 Å². The van der Waals surface area contributed by atoms with E-state index in [-0.39, 0.29) is 9.42 Å². The molecular formula is C15H8Br2FNO2. The molecule has 3 nitrogen and oxygen atoms in total. The molecule has 1 heterocycles. The lowest BCUT2D eigenvalue weighted by Crippen LogP contribution is -2.30. The number of carbonyl (C=O) groups is 2. The van der Waals surface area contributed by atoms with Gasteiger partial charge in [0.05, 0.1) is 20.6 Å². The standard InChI is InChI=1S/C15H8Br2FNO2/c16-13(17)11-6-5-8(18)7-12(11)19-14(20)9-3-1-2-4-10(9)15(19)21/h1-7,13H. The monoisotopic (exact) mass is 411 g/mol. The number of hydrogen-bond acceptors (Lipinski definition) is 2. The number of anilines is 1. The Bertz CT molecular complexity index is 726. The minimum Gasteiger partial charge on any atom is -0.268 e. The number of imide groups is 1. The topological polar surface area (TPSA) is 37.4 Å². The van der Waals surface area contributed by atoms with Gasteiger partial charge in [0, 0.05) is 5.56 Å². The molecule has 0 atom stereocenters. The Kier molecular flexibility index (Phi) is 3.67. The molecule has 2 aromatic carbocycles. The lowest BCUT2D eigenvalue weighted by molar-refractivity contribution is 0.0926. The number of halogens is 3. The van der Waals surface area contributed by atoms with Gasteiger partial charge in [-0.1, -0.05) is 50.1 Å². The zero-order valence-electron chi connectivity index (χ0n) is 10.5. The van der Waals surface area contributed by atoms with Crippen molar-refractivity contribution < 1.29 is 14.0 Å². The van der Waals surface area contributed by atoms with Crippen LogP contribution < -0.4 is 4.90 Å². The highest BCUT2D eigenvalue weighted by atomic mass is 79.9. The second kappa shape index (κ2) is 5.35. The molecule has 2 aromatic rings. The molecule has 0 fully saturated rings. The number of rotatable bonds is 2. The van der Waals surface area contributed by atoms with Crippen molar-refractivity contribution in [2.75, 3.05) is 4.90 Å². The van der Waals surface area contributed by atoms with Crippen LogP contribution in [0.3, 0.4) is 0 Å². The van der Waals surface area contributed by atoms with Crippen molar-refractivity contribution >= 4 is 49.4 Å². The van der Waals surface area contributed by atoms with E-state index in [1.807, 2.05) is 0 Å². The summed E-state index contributed by atoms with van der Waals surface area (Å²) in [6.45, 7) is 0. The molecule has 0 unspecified atom stereocenters. The van der Waals surface area contributed by atoms with Crippen LogP contribution in [0.15, 0.2) is 42.5 Å². The number of carbonyl (C=O) groups excluding carboxylic acids is 2. The van der Waals surface area contributed by atoms with E-state index >= 15 is 0 Å². The number of alkyl halides is 2. The molecule has 21 heavy (non-hydrogen) atoms. The molecule has 1 aliphatic heterocycles. The number of amides is 2. The summed E-state index contributed by atoms with van der Waals surface area (Å²) in [5, 5.41) is 0. The van der Waals surface area contributed by atoms with Crippen LogP contribution in [0.4, 0.5) is 10.1 Å². The van der Waals surface area contributed by atoms with Gasteiger partial charge in [-0.3, -0.25) is 9.59 Å². The Morgan fingerprint density at radius 3 is 2.05 bits per heavy atom. The Morgan fingerprint density at radius 2 is 1.52 bits per heavy atom. The summed E-state index contributed by atoms with van der Waals surface area (Å²) in [4.78, 5) is 25.9. The molecule has 6 heteroatoms. The third kappa shape index (κ3) is 2.32. The van der Waals surface area contributed by atoms with E-state index in [1.165, 1.54) is 18.2 Å². The van der Waals surface area contributed by atoms with Gasteiger partial charge in [-0.2, -0.15) is 0 Å². The fourth-order valence-electron chi connectivity index (χ4n) is 2.30. The summed E-state index contributed by atoms with van der Waals surface area (Å²) in [5.41, 5.74) is 1.50. The van der Waals surface area contributed by atoms with E-state index < -0.39 is 17.6 Å². The van der Waals surface area contributed by atoms with Crippen molar-refractivity contribution in [1.29, 1.82) is 0 Å². The Hall–Kier alpha value is -1.53. The van der Waals surface area contributed by atoms with E-state index in [0.717, 1.165) is 4.90 Å². The molecule has 3 rings (SSSR count). The number of hydrogen-bond donors (Lipinski definition) is 0. The maximum absolute atomic E-state index is 13.6. The van der Waals surface area contributed by atoms with Gasteiger partial charge in [-0.25, -0.2) is 9.29 Å². The van der Waals surface area contributed by atoms with Crippen LogP contribution in [0, 0.1) is 5.82 Å². The van der Waals surface area contributed by atoms with Crippen LogP contribution in [0.1, 0.15) is 30.0 Å². The fraction of sp³-hybridized carbons (Fsp3) is 0.0667. The first-order valence-corrected chi connectivity index (χ1v) is 7.89. The first-order chi connectivity index (χ1) is 10.0. The van der Waals surface area contributed by atoms with Crippen molar-refractivity contribution in [3.63, 3.8) is 0 Å². The van der Waals surface area contributed by atoms with Gasteiger partial charge >= 0.3 is 0 Å². The van der Waals surface area contributed by atoms with Crippen LogP contribution in [0.2, 0.25) is 0 Å². The summed E-state index contributed by atoms with van der Waals surface area (Å²) in [6.07, 6.45) is 0. The minimum atomic E-state index is -0.508. The highest BCUT2D eigenvalue weighted by Crippen LogP contribution is 2.39. The normalized spacial score (nSPS) is 14.0. The fourth-order valence-corrected chi connectivity index (χ4v) is 3.08. The largest absolute Gasteiger partial charge is 0.268 e. The van der Waals surface area contributed by atoms with Gasteiger partial charge in [0.2, 0.25) is 0 Å². The Labute approximate surface area is 137 Å². The van der Waals surface area contributed by atoms with E-state index in [2.05, 4.69) is 31.9 Å². The van der Waals surface area contributed by atoms with E-state index in [4.69, 9.17) is 0 Å². The van der Waals surface area contributed by atoms with Crippen LogP contribution in [0.25, 0.3) is 0 Å². The van der Waals surface area contributed by atoms with E-state index in [0.29, 0.717) is 16.7 Å². The van der Waals surface area contributed by atoms with Gasteiger partial charge in [-0.15, -0.1) is 0 Å². The van der Waals surface area contributed by atoms with Crippen LogP contribution in [-0.2, 0) is 0 Å². The maximum atomic E-state index is 13.6. The number of nitrogens with zero attached hydrogens (tertiary/aromatic N) is 1. The average molecular weight is 413 g/mol. The second-order valence-electron chi connectivity index (χ2n) is 4.50. The summed E-state index contributed by atoms with van der Waals surface area (Å²) in [7, 11) is 0. The number of fused-ring (bicyclic) bond motifs is 1. The minimum absolute atomic E-state index is 0.236. The van der Waals surface area contributed by atoms with Crippen molar-refractivity contribution in [1.82, 2.24) is 0 Å². The molecule has 2 amide bonds. The molecule has 0 radical (unpaired) electrons. The van der Waals surface area contributed by atoms with Crippen molar-refractivity contribution in [3.8, 4) is 0 Å². The number of benzene rings is 2. The molecule has 0 aliphatic carbocycles. The van der Waals surface area contributed by atoms with Crippen molar-refractivity contribution in [2.24, 2.45) is 0 Å². The molecule has 106 valence electrons. The van der Waals surface area contributed by atoms with Gasteiger partial charge < -0.3 is 0 Å². The summed E-state index contributed by atoms with van der Waals surface area (Å²) in [6, 6.07) is 10.6. The first kappa shape index (κ1) is 14.4.